The van der Waals surface area contributed by atoms with Crippen molar-refractivity contribution in [3.05, 3.63) is 33.8 Å². The lowest BCUT2D eigenvalue weighted by atomic mass is 9.91. The highest BCUT2D eigenvalue weighted by Gasteiger charge is 2.33. The number of aryl methyl sites for hydroxylation is 2. The smallest absolute Gasteiger partial charge is 0.0796 e. The fraction of sp³-hybridized carbons (Fsp3) is 0.600. The Balaban J connectivity index is 2.35. The summed E-state index contributed by atoms with van der Waals surface area (Å²) in [6.45, 7) is 7.32. The third kappa shape index (κ3) is 2.56. The van der Waals surface area contributed by atoms with E-state index in [2.05, 4.69) is 38.2 Å². The molecule has 0 aromatic heterocycles. The fourth-order valence-corrected chi connectivity index (χ4v) is 3.02. The van der Waals surface area contributed by atoms with Gasteiger partial charge in [0.1, 0.15) is 0 Å². The molecule has 3 unspecified atom stereocenters. The highest BCUT2D eigenvalue weighted by Crippen LogP contribution is 2.35. The van der Waals surface area contributed by atoms with Crippen LogP contribution >= 0.6 is 11.6 Å². The molecule has 0 aliphatic carbocycles. The van der Waals surface area contributed by atoms with Gasteiger partial charge >= 0.3 is 0 Å². The van der Waals surface area contributed by atoms with E-state index in [0.29, 0.717) is 5.92 Å². The van der Waals surface area contributed by atoms with Crippen molar-refractivity contribution in [2.45, 2.75) is 39.3 Å². The zero-order valence-corrected chi connectivity index (χ0v) is 12.3. The molecule has 1 aliphatic heterocycles. The molecular formula is C15H22ClNO. The van der Waals surface area contributed by atoms with Crippen molar-refractivity contribution in [3.8, 4) is 0 Å². The van der Waals surface area contributed by atoms with Crippen LogP contribution in [0, 0.1) is 19.8 Å². The Hall–Kier alpha value is -0.570. The maximum atomic E-state index is 6.41. The summed E-state index contributed by atoms with van der Waals surface area (Å²) >= 11 is 6.41. The van der Waals surface area contributed by atoms with Gasteiger partial charge in [-0.05, 0) is 56.0 Å². The second-order valence-electron chi connectivity index (χ2n) is 5.33. The van der Waals surface area contributed by atoms with Gasteiger partial charge in [-0.2, -0.15) is 0 Å². The van der Waals surface area contributed by atoms with Crippen molar-refractivity contribution in [3.63, 3.8) is 0 Å². The largest absolute Gasteiger partial charge is 0.376 e. The molecule has 0 saturated carbocycles. The molecule has 0 bridgehead atoms. The van der Waals surface area contributed by atoms with Crippen molar-refractivity contribution in [2.24, 2.45) is 5.92 Å². The van der Waals surface area contributed by atoms with Gasteiger partial charge in [0.15, 0.2) is 0 Å². The molecule has 2 rings (SSSR count). The molecular weight excluding hydrogens is 246 g/mol. The first-order chi connectivity index (χ1) is 8.54. The van der Waals surface area contributed by atoms with Gasteiger partial charge in [-0.1, -0.05) is 24.6 Å². The molecule has 18 heavy (non-hydrogen) atoms. The van der Waals surface area contributed by atoms with Gasteiger partial charge in [0.25, 0.3) is 0 Å². The summed E-state index contributed by atoms with van der Waals surface area (Å²) in [5.41, 5.74) is 3.67. The first-order valence-electron chi connectivity index (χ1n) is 6.60. The molecule has 1 heterocycles. The Morgan fingerprint density at radius 3 is 2.56 bits per heavy atom. The van der Waals surface area contributed by atoms with E-state index in [1.54, 1.807) is 0 Å². The number of ether oxygens (including phenoxy) is 1. The first-order valence-corrected chi connectivity index (χ1v) is 6.98. The predicted octanol–water partition coefficient (Wildman–Crippen LogP) is 3.64. The molecule has 1 saturated heterocycles. The summed E-state index contributed by atoms with van der Waals surface area (Å²) in [6.07, 6.45) is 1.35. The minimum atomic E-state index is 0.175. The van der Waals surface area contributed by atoms with E-state index in [1.807, 2.05) is 7.05 Å². The van der Waals surface area contributed by atoms with Crippen LogP contribution < -0.4 is 5.32 Å². The normalized spacial score (nSPS) is 25.4. The molecule has 0 spiro atoms. The van der Waals surface area contributed by atoms with E-state index < -0.39 is 0 Å². The number of rotatable bonds is 3. The Morgan fingerprint density at radius 1 is 1.33 bits per heavy atom. The zero-order chi connectivity index (χ0) is 13.3. The van der Waals surface area contributed by atoms with E-state index >= 15 is 0 Å². The highest BCUT2D eigenvalue weighted by atomic mass is 35.5. The second-order valence-corrected chi connectivity index (χ2v) is 5.73. The Labute approximate surface area is 115 Å². The Bertz CT molecular complexity index is 433. The number of benzene rings is 1. The van der Waals surface area contributed by atoms with Gasteiger partial charge in [-0.25, -0.2) is 0 Å². The van der Waals surface area contributed by atoms with Crippen LogP contribution in [0.25, 0.3) is 0 Å². The fourth-order valence-electron chi connectivity index (χ4n) is 2.68. The third-order valence-corrected chi connectivity index (χ3v) is 4.36. The van der Waals surface area contributed by atoms with Gasteiger partial charge in [-0.15, -0.1) is 0 Å². The van der Waals surface area contributed by atoms with Crippen molar-refractivity contribution in [1.29, 1.82) is 0 Å². The van der Waals surface area contributed by atoms with E-state index in [0.717, 1.165) is 23.6 Å². The molecule has 1 aromatic rings. The van der Waals surface area contributed by atoms with Crippen LogP contribution in [-0.4, -0.2) is 19.8 Å². The lowest BCUT2D eigenvalue weighted by Crippen LogP contribution is -2.32. The maximum Gasteiger partial charge on any atom is 0.0796 e. The maximum absolute atomic E-state index is 6.41. The number of nitrogens with one attached hydrogen (secondary N) is 1. The SMILES string of the molecule is CNC(c1cc(C)c(C)cc1Cl)C1OCCC1C. The summed E-state index contributed by atoms with van der Waals surface area (Å²) in [4.78, 5) is 0. The molecule has 0 radical (unpaired) electrons. The van der Waals surface area contributed by atoms with Gasteiger partial charge in [0.05, 0.1) is 12.1 Å². The molecule has 3 atom stereocenters. The standard InChI is InChI=1S/C15H22ClNO/c1-9-5-6-18-15(9)14(17-4)12-7-10(2)11(3)8-13(12)16/h7-9,14-15,17H,5-6H2,1-4H3. The van der Waals surface area contributed by atoms with Crippen LogP contribution in [0.15, 0.2) is 12.1 Å². The molecule has 2 nitrogen and oxygen atoms in total. The minimum Gasteiger partial charge on any atom is -0.376 e. The quantitative estimate of drug-likeness (QED) is 0.903. The molecule has 1 N–H and O–H groups in total. The van der Waals surface area contributed by atoms with Crippen LogP contribution in [0.2, 0.25) is 5.02 Å². The first kappa shape index (κ1) is 13.9. The summed E-state index contributed by atoms with van der Waals surface area (Å²) < 4.78 is 5.88. The van der Waals surface area contributed by atoms with Crippen LogP contribution in [0.3, 0.4) is 0 Å². The predicted molar refractivity (Wildman–Crippen MR) is 76.2 cm³/mol. The lowest BCUT2D eigenvalue weighted by molar-refractivity contribution is 0.0631. The van der Waals surface area contributed by atoms with Crippen molar-refractivity contribution < 1.29 is 4.74 Å². The summed E-state index contributed by atoms with van der Waals surface area (Å²) in [5, 5.41) is 4.20. The number of hydrogen-bond acceptors (Lipinski definition) is 2. The van der Waals surface area contributed by atoms with Crippen LogP contribution in [-0.2, 0) is 4.74 Å². The van der Waals surface area contributed by atoms with E-state index in [9.17, 15) is 0 Å². The van der Waals surface area contributed by atoms with Gasteiger partial charge in [0, 0.05) is 11.6 Å². The lowest BCUT2D eigenvalue weighted by Gasteiger charge is -2.27. The van der Waals surface area contributed by atoms with E-state index in [4.69, 9.17) is 16.3 Å². The average molecular weight is 268 g/mol. The summed E-state index contributed by atoms with van der Waals surface area (Å²) in [5.74, 6) is 0.570. The second kappa shape index (κ2) is 5.60. The Morgan fingerprint density at radius 2 is 2.00 bits per heavy atom. The number of hydrogen-bond donors (Lipinski definition) is 1. The van der Waals surface area contributed by atoms with E-state index in [1.165, 1.54) is 11.1 Å². The van der Waals surface area contributed by atoms with Crippen LogP contribution in [0.5, 0.6) is 0 Å². The molecule has 1 fully saturated rings. The number of halogens is 1. The number of likely N-dealkylation sites (N-methyl/N-ethyl adjacent to an activating group) is 1. The van der Waals surface area contributed by atoms with Crippen LogP contribution in [0.1, 0.15) is 36.1 Å². The van der Waals surface area contributed by atoms with Crippen molar-refractivity contribution >= 4 is 11.6 Å². The third-order valence-electron chi connectivity index (χ3n) is 4.03. The molecule has 1 aromatic carbocycles. The van der Waals surface area contributed by atoms with Gasteiger partial charge < -0.3 is 10.1 Å². The summed E-state index contributed by atoms with van der Waals surface area (Å²) in [6, 6.07) is 4.41. The zero-order valence-electron chi connectivity index (χ0n) is 11.6. The minimum absolute atomic E-state index is 0.175. The van der Waals surface area contributed by atoms with Crippen LogP contribution in [0.4, 0.5) is 0 Å². The monoisotopic (exact) mass is 267 g/mol. The molecule has 3 heteroatoms. The highest BCUT2D eigenvalue weighted by molar-refractivity contribution is 6.31. The summed E-state index contributed by atoms with van der Waals surface area (Å²) in [7, 11) is 1.98. The molecule has 0 amide bonds. The van der Waals surface area contributed by atoms with E-state index in [-0.39, 0.29) is 12.1 Å². The average Bonchev–Trinajstić information content (AvgIpc) is 2.73. The van der Waals surface area contributed by atoms with Crippen molar-refractivity contribution in [1.82, 2.24) is 5.32 Å². The molecule has 1 aliphatic rings. The topological polar surface area (TPSA) is 21.3 Å². The van der Waals surface area contributed by atoms with Gasteiger partial charge in [0.2, 0.25) is 0 Å². The van der Waals surface area contributed by atoms with Gasteiger partial charge in [-0.3, -0.25) is 0 Å². The van der Waals surface area contributed by atoms with Crippen molar-refractivity contribution in [2.75, 3.05) is 13.7 Å². The Kier molecular flexibility index (Phi) is 4.31. The molecule has 100 valence electrons.